The molecule has 1 N–H and O–H groups in total. The zero-order valence-corrected chi connectivity index (χ0v) is 13.9. The van der Waals surface area contributed by atoms with Crippen LogP contribution in [0.1, 0.15) is 30.0 Å². The van der Waals surface area contributed by atoms with Crippen molar-refractivity contribution in [2.75, 3.05) is 51.4 Å². The molecule has 1 aromatic carbocycles. The van der Waals surface area contributed by atoms with E-state index in [0.717, 1.165) is 64.4 Å². The summed E-state index contributed by atoms with van der Waals surface area (Å²) in [5, 5.41) is 3.53. The molecule has 2 heterocycles. The maximum Gasteiger partial charge on any atom is 0.143 e. The Morgan fingerprint density at radius 2 is 2.18 bits per heavy atom. The van der Waals surface area contributed by atoms with Gasteiger partial charge in [-0.15, -0.1) is 0 Å². The SMILES string of the molecule is CCCc1c2c(cc3c1N(CCOC)CCO3)CCNCC2. The Morgan fingerprint density at radius 1 is 1.32 bits per heavy atom. The minimum atomic E-state index is 0.768. The summed E-state index contributed by atoms with van der Waals surface area (Å²) in [5.41, 5.74) is 5.92. The minimum absolute atomic E-state index is 0.768. The number of hydrogen-bond donors (Lipinski definition) is 1. The normalized spacial score (nSPS) is 17.5. The first-order valence-corrected chi connectivity index (χ1v) is 8.60. The van der Waals surface area contributed by atoms with Crippen LogP contribution in [0.25, 0.3) is 0 Å². The Labute approximate surface area is 133 Å². The van der Waals surface area contributed by atoms with E-state index in [1.807, 2.05) is 0 Å². The van der Waals surface area contributed by atoms with Crippen LogP contribution in [0.5, 0.6) is 5.75 Å². The molecular weight excluding hydrogens is 276 g/mol. The molecule has 0 atom stereocenters. The maximum atomic E-state index is 6.02. The number of nitrogens with zero attached hydrogens (tertiary/aromatic N) is 1. The molecule has 0 bridgehead atoms. The molecule has 0 saturated heterocycles. The van der Waals surface area contributed by atoms with E-state index in [2.05, 4.69) is 23.2 Å². The summed E-state index contributed by atoms with van der Waals surface area (Å²) in [7, 11) is 1.77. The molecule has 2 aliphatic rings. The lowest BCUT2D eigenvalue weighted by atomic mass is 9.91. The molecule has 0 fully saturated rings. The van der Waals surface area contributed by atoms with E-state index < -0.39 is 0 Å². The molecule has 3 rings (SSSR count). The van der Waals surface area contributed by atoms with Crippen molar-refractivity contribution in [3.63, 3.8) is 0 Å². The number of methoxy groups -OCH3 is 1. The second-order valence-corrected chi connectivity index (χ2v) is 6.17. The lowest BCUT2D eigenvalue weighted by molar-refractivity contribution is 0.201. The fourth-order valence-electron chi connectivity index (χ4n) is 3.67. The van der Waals surface area contributed by atoms with Crippen molar-refractivity contribution in [3.8, 4) is 5.75 Å². The highest BCUT2D eigenvalue weighted by Crippen LogP contribution is 2.40. The van der Waals surface area contributed by atoms with Gasteiger partial charge in [0.05, 0.1) is 18.8 Å². The third-order valence-electron chi connectivity index (χ3n) is 4.70. The molecule has 122 valence electrons. The van der Waals surface area contributed by atoms with Crippen LogP contribution in [0.3, 0.4) is 0 Å². The summed E-state index contributed by atoms with van der Waals surface area (Å²) in [6.07, 6.45) is 4.56. The van der Waals surface area contributed by atoms with Gasteiger partial charge in [0.1, 0.15) is 12.4 Å². The fourth-order valence-corrected chi connectivity index (χ4v) is 3.67. The Kier molecular flexibility index (Phi) is 5.21. The van der Waals surface area contributed by atoms with E-state index in [0.29, 0.717) is 0 Å². The molecule has 0 amide bonds. The number of benzene rings is 1. The Morgan fingerprint density at radius 3 is 3.00 bits per heavy atom. The molecular formula is C18H28N2O2. The predicted molar refractivity (Wildman–Crippen MR) is 90.3 cm³/mol. The summed E-state index contributed by atoms with van der Waals surface area (Å²) in [4.78, 5) is 2.46. The van der Waals surface area contributed by atoms with Gasteiger partial charge in [-0.1, -0.05) is 13.3 Å². The van der Waals surface area contributed by atoms with Crippen molar-refractivity contribution >= 4 is 5.69 Å². The van der Waals surface area contributed by atoms with Gasteiger partial charge in [0.25, 0.3) is 0 Å². The molecule has 4 nitrogen and oxygen atoms in total. The molecule has 0 saturated carbocycles. The van der Waals surface area contributed by atoms with Crippen molar-refractivity contribution in [2.24, 2.45) is 0 Å². The maximum absolute atomic E-state index is 6.02. The molecule has 2 aliphatic heterocycles. The quantitative estimate of drug-likeness (QED) is 0.904. The second-order valence-electron chi connectivity index (χ2n) is 6.17. The monoisotopic (exact) mass is 304 g/mol. The zero-order chi connectivity index (χ0) is 15.4. The van der Waals surface area contributed by atoms with E-state index in [1.165, 1.54) is 23.2 Å². The van der Waals surface area contributed by atoms with Crippen LogP contribution < -0.4 is 15.0 Å². The average molecular weight is 304 g/mol. The van der Waals surface area contributed by atoms with Gasteiger partial charge in [-0.25, -0.2) is 0 Å². The lowest BCUT2D eigenvalue weighted by Crippen LogP contribution is -2.36. The van der Waals surface area contributed by atoms with Gasteiger partial charge < -0.3 is 19.7 Å². The van der Waals surface area contributed by atoms with E-state index in [1.54, 1.807) is 12.7 Å². The number of fused-ring (bicyclic) bond motifs is 2. The van der Waals surface area contributed by atoms with Crippen LogP contribution in [0, 0.1) is 0 Å². The summed E-state index contributed by atoms with van der Waals surface area (Å²) in [6, 6.07) is 2.30. The predicted octanol–water partition coefficient (Wildman–Crippen LogP) is 2.17. The first kappa shape index (κ1) is 15.6. The zero-order valence-electron chi connectivity index (χ0n) is 13.9. The van der Waals surface area contributed by atoms with Gasteiger partial charge in [0.2, 0.25) is 0 Å². The molecule has 4 heteroatoms. The summed E-state index contributed by atoms with van der Waals surface area (Å²) in [6.45, 7) is 7.88. The average Bonchev–Trinajstić information content (AvgIpc) is 2.78. The number of ether oxygens (including phenoxy) is 2. The second kappa shape index (κ2) is 7.34. The van der Waals surface area contributed by atoms with Crippen molar-refractivity contribution in [2.45, 2.75) is 32.6 Å². The van der Waals surface area contributed by atoms with Crippen molar-refractivity contribution in [1.82, 2.24) is 5.32 Å². The Hall–Kier alpha value is -1.26. The van der Waals surface area contributed by atoms with Crippen LogP contribution in [0.4, 0.5) is 5.69 Å². The third-order valence-corrected chi connectivity index (χ3v) is 4.70. The van der Waals surface area contributed by atoms with Gasteiger partial charge in [-0.2, -0.15) is 0 Å². The fraction of sp³-hybridized carbons (Fsp3) is 0.667. The van der Waals surface area contributed by atoms with Crippen LogP contribution in [0.2, 0.25) is 0 Å². The van der Waals surface area contributed by atoms with Gasteiger partial charge in [0, 0.05) is 13.7 Å². The van der Waals surface area contributed by atoms with E-state index >= 15 is 0 Å². The van der Waals surface area contributed by atoms with Crippen molar-refractivity contribution < 1.29 is 9.47 Å². The highest BCUT2D eigenvalue weighted by Gasteiger charge is 2.26. The highest BCUT2D eigenvalue weighted by molar-refractivity contribution is 5.69. The molecule has 1 aromatic rings. The summed E-state index contributed by atoms with van der Waals surface area (Å²) < 4.78 is 11.3. The Bertz CT molecular complexity index is 516. The van der Waals surface area contributed by atoms with Gasteiger partial charge in [0.15, 0.2) is 0 Å². The Balaban J connectivity index is 2.05. The topological polar surface area (TPSA) is 33.7 Å². The molecule has 0 aliphatic carbocycles. The lowest BCUT2D eigenvalue weighted by Gasteiger charge is -2.35. The van der Waals surface area contributed by atoms with Crippen LogP contribution >= 0.6 is 0 Å². The standard InChI is InChI=1S/C18H28N2O2/c1-3-4-16-15-6-8-19-7-5-14(15)13-17-18(16)20(9-11-21-2)10-12-22-17/h13,19H,3-12H2,1-2H3. The third kappa shape index (κ3) is 3.08. The summed E-state index contributed by atoms with van der Waals surface area (Å²) in [5.74, 6) is 1.09. The van der Waals surface area contributed by atoms with Crippen LogP contribution in [0.15, 0.2) is 6.07 Å². The number of hydrogen-bond acceptors (Lipinski definition) is 4. The van der Waals surface area contributed by atoms with E-state index in [9.17, 15) is 0 Å². The van der Waals surface area contributed by atoms with E-state index in [4.69, 9.17) is 9.47 Å². The first-order chi connectivity index (χ1) is 10.8. The molecule has 0 spiro atoms. The summed E-state index contributed by atoms with van der Waals surface area (Å²) >= 11 is 0. The van der Waals surface area contributed by atoms with Gasteiger partial charge in [-0.05, 0) is 55.1 Å². The number of anilines is 1. The van der Waals surface area contributed by atoms with Crippen LogP contribution in [-0.4, -0.2) is 46.5 Å². The molecule has 0 aromatic heterocycles. The van der Waals surface area contributed by atoms with Crippen molar-refractivity contribution in [1.29, 1.82) is 0 Å². The van der Waals surface area contributed by atoms with E-state index in [-0.39, 0.29) is 0 Å². The number of rotatable bonds is 5. The largest absolute Gasteiger partial charge is 0.490 e. The molecule has 22 heavy (non-hydrogen) atoms. The van der Waals surface area contributed by atoms with Gasteiger partial charge in [-0.3, -0.25) is 0 Å². The molecule has 0 radical (unpaired) electrons. The van der Waals surface area contributed by atoms with Crippen molar-refractivity contribution in [3.05, 3.63) is 22.8 Å². The smallest absolute Gasteiger partial charge is 0.143 e. The molecule has 0 unspecified atom stereocenters. The van der Waals surface area contributed by atoms with Crippen LogP contribution in [-0.2, 0) is 24.0 Å². The highest BCUT2D eigenvalue weighted by atomic mass is 16.5. The first-order valence-electron chi connectivity index (χ1n) is 8.60. The number of nitrogens with one attached hydrogen (secondary N) is 1. The van der Waals surface area contributed by atoms with Gasteiger partial charge >= 0.3 is 0 Å². The minimum Gasteiger partial charge on any atom is -0.490 e.